The van der Waals surface area contributed by atoms with Crippen LogP contribution in [-0.4, -0.2) is 21.1 Å². The van der Waals surface area contributed by atoms with Crippen molar-refractivity contribution in [2.45, 2.75) is 20.0 Å². The molecular weight excluding hydrogens is 248 g/mol. The van der Waals surface area contributed by atoms with Crippen molar-refractivity contribution < 1.29 is 0 Å². The predicted molar refractivity (Wildman–Crippen MR) is 80.5 cm³/mol. The van der Waals surface area contributed by atoms with Gasteiger partial charge in [-0.25, -0.2) is 4.98 Å². The molecule has 0 aliphatic heterocycles. The van der Waals surface area contributed by atoms with E-state index in [0.29, 0.717) is 0 Å². The van der Waals surface area contributed by atoms with E-state index in [1.54, 1.807) is 0 Å². The summed E-state index contributed by atoms with van der Waals surface area (Å²) >= 11 is 0. The Morgan fingerprint density at radius 3 is 2.95 bits per heavy atom. The Morgan fingerprint density at radius 2 is 2.05 bits per heavy atom. The van der Waals surface area contributed by atoms with Crippen LogP contribution in [0.4, 0.5) is 0 Å². The van der Waals surface area contributed by atoms with Crippen molar-refractivity contribution in [1.82, 2.24) is 19.9 Å². The average Bonchev–Trinajstić information content (AvgIpc) is 2.92. The number of fused-ring (bicyclic) bond motifs is 1. The fourth-order valence-corrected chi connectivity index (χ4v) is 2.26. The first-order valence-electron chi connectivity index (χ1n) is 6.92. The number of rotatable bonds is 5. The van der Waals surface area contributed by atoms with E-state index >= 15 is 0 Å². The van der Waals surface area contributed by atoms with Gasteiger partial charge < -0.3 is 9.88 Å². The van der Waals surface area contributed by atoms with Gasteiger partial charge in [0.2, 0.25) is 0 Å². The lowest BCUT2D eigenvalue weighted by Crippen LogP contribution is -2.16. The Labute approximate surface area is 118 Å². The molecule has 0 aliphatic rings. The van der Waals surface area contributed by atoms with Crippen LogP contribution in [0.15, 0.2) is 48.8 Å². The quantitative estimate of drug-likeness (QED) is 0.772. The lowest BCUT2D eigenvalue weighted by Gasteiger charge is -2.08. The number of aromatic nitrogens is 3. The van der Waals surface area contributed by atoms with E-state index < -0.39 is 0 Å². The second-order valence-corrected chi connectivity index (χ2v) is 4.75. The summed E-state index contributed by atoms with van der Waals surface area (Å²) in [5, 5.41) is 4.48. The van der Waals surface area contributed by atoms with Crippen molar-refractivity contribution in [3.63, 3.8) is 0 Å². The van der Waals surface area contributed by atoms with Crippen molar-refractivity contribution in [3.8, 4) is 0 Å². The molecule has 1 aromatic carbocycles. The maximum Gasteiger partial charge on any atom is 0.123 e. The zero-order valence-electron chi connectivity index (χ0n) is 11.6. The Morgan fingerprint density at radius 1 is 1.15 bits per heavy atom. The summed E-state index contributed by atoms with van der Waals surface area (Å²) in [6, 6.07) is 12.4. The molecule has 2 heterocycles. The number of hydrogen-bond donors (Lipinski definition) is 1. The highest BCUT2D eigenvalue weighted by molar-refractivity contribution is 5.78. The minimum absolute atomic E-state index is 0.756. The van der Waals surface area contributed by atoms with Crippen LogP contribution in [0.3, 0.4) is 0 Å². The topological polar surface area (TPSA) is 42.7 Å². The van der Waals surface area contributed by atoms with E-state index in [2.05, 4.69) is 40.0 Å². The highest BCUT2D eigenvalue weighted by Gasteiger charge is 2.04. The van der Waals surface area contributed by atoms with Crippen LogP contribution in [0.1, 0.15) is 18.4 Å². The van der Waals surface area contributed by atoms with Crippen LogP contribution >= 0.6 is 0 Å². The summed E-state index contributed by atoms with van der Waals surface area (Å²) in [5.74, 6) is 1.04. The summed E-state index contributed by atoms with van der Waals surface area (Å²) in [7, 11) is 0. The van der Waals surface area contributed by atoms with Crippen LogP contribution in [0.2, 0.25) is 0 Å². The number of para-hydroxylation sites is 1. The first-order chi connectivity index (χ1) is 9.86. The van der Waals surface area contributed by atoms with Gasteiger partial charge in [0.05, 0.1) is 24.3 Å². The second kappa shape index (κ2) is 5.84. The van der Waals surface area contributed by atoms with Gasteiger partial charge in [0.25, 0.3) is 0 Å². The fourth-order valence-electron chi connectivity index (χ4n) is 2.26. The monoisotopic (exact) mass is 266 g/mol. The van der Waals surface area contributed by atoms with E-state index in [0.717, 1.165) is 36.7 Å². The van der Waals surface area contributed by atoms with E-state index in [1.165, 1.54) is 5.39 Å². The van der Waals surface area contributed by atoms with Crippen molar-refractivity contribution in [3.05, 3.63) is 60.3 Å². The van der Waals surface area contributed by atoms with Gasteiger partial charge in [0.15, 0.2) is 0 Å². The molecule has 4 nitrogen and oxygen atoms in total. The Balaban J connectivity index is 1.84. The Hall–Kier alpha value is -2.20. The fraction of sp³-hybridized carbons (Fsp3) is 0.250. The first-order valence-corrected chi connectivity index (χ1v) is 6.92. The van der Waals surface area contributed by atoms with Gasteiger partial charge >= 0.3 is 0 Å². The molecule has 2 aromatic heterocycles. The van der Waals surface area contributed by atoms with Gasteiger partial charge in [0, 0.05) is 17.8 Å². The molecule has 0 fully saturated rings. The number of hydrogen-bond acceptors (Lipinski definition) is 3. The maximum absolute atomic E-state index is 4.70. The van der Waals surface area contributed by atoms with Gasteiger partial charge in [-0.15, -0.1) is 0 Å². The minimum atomic E-state index is 0.756. The third-order valence-corrected chi connectivity index (χ3v) is 3.32. The predicted octanol–water partition coefficient (Wildman–Crippen LogP) is 2.59. The van der Waals surface area contributed by atoms with E-state index in [9.17, 15) is 0 Å². The molecule has 0 spiro atoms. The van der Waals surface area contributed by atoms with Gasteiger partial charge in [-0.3, -0.25) is 4.98 Å². The molecule has 0 radical (unpaired) electrons. The SMILES string of the molecule is CCNCc1nccn1Cc1ccc2ccccc2n1. The van der Waals surface area contributed by atoms with Crippen molar-refractivity contribution >= 4 is 10.9 Å². The Bertz CT molecular complexity index is 702. The van der Waals surface area contributed by atoms with Crippen LogP contribution in [0, 0.1) is 0 Å². The van der Waals surface area contributed by atoms with Crippen molar-refractivity contribution in [2.24, 2.45) is 0 Å². The van der Waals surface area contributed by atoms with Crippen LogP contribution in [0.25, 0.3) is 10.9 Å². The molecule has 0 bridgehead atoms. The van der Waals surface area contributed by atoms with Crippen LogP contribution in [0.5, 0.6) is 0 Å². The summed E-state index contributed by atoms with van der Waals surface area (Å²) in [6.45, 7) is 4.59. The van der Waals surface area contributed by atoms with Crippen molar-refractivity contribution in [2.75, 3.05) is 6.54 Å². The van der Waals surface area contributed by atoms with Crippen LogP contribution < -0.4 is 5.32 Å². The van der Waals surface area contributed by atoms with Crippen molar-refractivity contribution in [1.29, 1.82) is 0 Å². The van der Waals surface area contributed by atoms with E-state index in [1.807, 2.05) is 30.6 Å². The number of nitrogens with one attached hydrogen (secondary N) is 1. The largest absolute Gasteiger partial charge is 0.328 e. The molecule has 0 atom stereocenters. The highest BCUT2D eigenvalue weighted by Crippen LogP contribution is 2.13. The molecule has 0 saturated carbocycles. The molecule has 0 aliphatic carbocycles. The summed E-state index contributed by atoms with van der Waals surface area (Å²) in [5.41, 5.74) is 2.10. The molecule has 102 valence electrons. The molecule has 0 saturated heterocycles. The number of nitrogens with zero attached hydrogens (tertiary/aromatic N) is 3. The molecule has 0 unspecified atom stereocenters. The Kier molecular flexibility index (Phi) is 3.74. The zero-order chi connectivity index (χ0) is 13.8. The average molecular weight is 266 g/mol. The zero-order valence-corrected chi connectivity index (χ0v) is 11.6. The first kappa shape index (κ1) is 12.8. The number of imidazole rings is 1. The summed E-state index contributed by atoms with van der Waals surface area (Å²) in [6.07, 6.45) is 3.84. The second-order valence-electron chi connectivity index (χ2n) is 4.75. The van der Waals surface area contributed by atoms with Gasteiger partial charge in [-0.05, 0) is 18.7 Å². The molecule has 1 N–H and O–H groups in total. The van der Waals surface area contributed by atoms with Crippen LogP contribution in [-0.2, 0) is 13.1 Å². The van der Waals surface area contributed by atoms with Gasteiger partial charge in [0.1, 0.15) is 5.82 Å². The normalized spacial score (nSPS) is 11.1. The van der Waals surface area contributed by atoms with E-state index in [-0.39, 0.29) is 0 Å². The van der Waals surface area contributed by atoms with Gasteiger partial charge in [-0.1, -0.05) is 31.2 Å². The number of pyridine rings is 1. The lowest BCUT2D eigenvalue weighted by atomic mass is 10.2. The maximum atomic E-state index is 4.70. The summed E-state index contributed by atoms with van der Waals surface area (Å²) in [4.78, 5) is 9.09. The van der Waals surface area contributed by atoms with Gasteiger partial charge in [-0.2, -0.15) is 0 Å². The molecule has 3 rings (SSSR count). The summed E-state index contributed by atoms with van der Waals surface area (Å²) < 4.78 is 2.14. The third kappa shape index (κ3) is 2.70. The highest BCUT2D eigenvalue weighted by atomic mass is 15.1. The smallest absolute Gasteiger partial charge is 0.123 e. The van der Waals surface area contributed by atoms with E-state index in [4.69, 9.17) is 4.98 Å². The molecule has 4 heteroatoms. The molecular formula is C16H18N4. The third-order valence-electron chi connectivity index (χ3n) is 3.32. The lowest BCUT2D eigenvalue weighted by molar-refractivity contribution is 0.635. The molecule has 20 heavy (non-hydrogen) atoms. The standard InChI is InChI=1S/C16H18N4/c1-2-17-11-16-18-9-10-20(16)12-14-8-7-13-5-3-4-6-15(13)19-14/h3-10,17H,2,11-12H2,1H3. The molecule has 0 amide bonds. The molecule has 3 aromatic rings. The minimum Gasteiger partial charge on any atom is -0.328 e. The number of benzene rings is 1.